The van der Waals surface area contributed by atoms with Gasteiger partial charge in [-0.1, -0.05) is 45.0 Å². The van der Waals surface area contributed by atoms with Crippen molar-refractivity contribution in [3.05, 3.63) is 41.2 Å². The minimum Gasteiger partial charge on any atom is -0.343 e. The van der Waals surface area contributed by atoms with Crippen LogP contribution < -0.4 is 10.6 Å². The third kappa shape index (κ3) is 3.80. The van der Waals surface area contributed by atoms with E-state index in [0.29, 0.717) is 6.54 Å². The number of hydrogen-bond acceptors (Lipinski definition) is 5. The van der Waals surface area contributed by atoms with Crippen LogP contribution in [0.25, 0.3) is 0 Å². The third-order valence-corrected chi connectivity index (χ3v) is 4.21. The van der Waals surface area contributed by atoms with Gasteiger partial charge in [-0.05, 0) is 18.1 Å². The molecule has 0 atom stereocenters. The van der Waals surface area contributed by atoms with E-state index in [-0.39, 0.29) is 5.41 Å². The maximum Gasteiger partial charge on any atom is 0.205 e. The Morgan fingerprint density at radius 3 is 2.38 bits per heavy atom. The summed E-state index contributed by atoms with van der Waals surface area (Å²) in [4.78, 5) is 6.96. The first kappa shape index (κ1) is 15.9. The lowest BCUT2D eigenvalue weighted by molar-refractivity contribution is 0.554. The lowest BCUT2D eigenvalue weighted by Crippen LogP contribution is -2.23. The Balaban J connectivity index is 2.22. The molecule has 2 N–H and O–H groups in total. The highest BCUT2D eigenvalue weighted by Gasteiger charge is 2.21. The molecule has 0 saturated heterocycles. The van der Waals surface area contributed by atoms with Crippen LogP contribution in [0.1, 0.15) is 44.6 Å². The molecule has 0 bridgehead atoms. The van der Waals surface area contributed by atoms with Crippen LogP contribution in [-0.2, 0) is 18.5 Å². The van der Waals surface area contributed by atoms with Crippen molar-refractivity contribution in [3.8, 4) is 0 Å². The zero-order valence-electron chi connectivity index (χ0n) is 13.3. The molecule has 0 fully saturated rings. The average Bonchev–Trinajstić information content (AvgIpc) is 2.94. The molecule has 0 amide bonds. The van der Waals surface area contributed by atoms with E-state index in [1.807, 2.05) is 6.07 Å². The summed E-state index contributed by atoms with van der Waals surface area (Å²) in [6.07, 6.45) is 0. The van der Waals surface area contributed by atoms with Crippen LogP contribution in [0.4, 0.5) is 5.13 Å². The molecule has 1 aromatic carbocycles. The van der Waals surface area contributed by atoms with Gasteiger partial charge in [0, 0.05) is 36.6 Å². The predicted octanol–water partition coefficient (Wildman–Crippen LogP) is 3.32. The van der Waals surface area contributed by atoms with E-state index in [9.17, 15) is 0 Å². The van der Waals surface area contributed by atoms with E-state index in [4.69, 9.17) is 10.7 Å². The molecular formula is C16H24N4S. The summed E-state index contributed by atoms with van der Waals surface area (Å²) < 4.78 is 4.50. The van der Waals surface area contributed by atoms with Gasteiger partial charge in [-0.25, -0.2) is 4.98 Å². The first-order valence-corrected chi connectivity index (χ1v) is 8.09. The number of nitrogens with zero attached hydrogens (tertiary/aromatic N) is 3. The van der Waals surface area contributed by atoms with Crippen LogP contribution in [0.15, 0.2) is 24.3 Å². The minimum atomic E-state index is -0.0106. The SMILES string of the molecule is CCN(Cc1ccccc1CN)c1nc(C(C)(C)C)ns1. The Kier molecular flexibility index (Phi) is 4.96. The number of anilines is 1. The van der Waals surface area contributed by atoms with E-state index >= 15 is 0 Å². The largest absolute Gasteiger partial charge is 0.343 e. The maximum absolute atomic E-state index is 5.82. The maximum atomic E-state index is 5.82. The third-order valence-electron chi connectivity index (χ3n) is 3.44. The highest BCUT2D eigenvalue weighted by molar-refractivity contribution is 7.09. The monoisotopic (exact) mass is 304 g/mol. The van der Waals surface area contributed by atoms with E-state index < -0.39 is 0 Å². The molecule has 0 aliphatic heterocycles. The standard InChI is InChI=1S/C16H24N4S/c1-5-20(11-13-9-7-6-8-12(13)10-17)15-18-14(19-21-15)16(2,3)4/h6-9H,5,10-11,17H2,1-4H3. The van der Waals surface area contributed by atoms with Gasteiger partial charge in [-0.2, -0.15) is 4.37 Å². The van der Waals surface area contributed by atoms with Crippen LogP contribution in [0.3, 0.4) is 0 Å². The van der Waals surface area contributed by atoms with E-state index in [1.165, 1.54) is 22.7 Å². The summed E-state index contributed by atoms with van der Waals surface area (Å²) in [5, 5.41) is 0.981. The smallest absolute Gasteiger partial charge is 0.205 e. The van der Waals surface area contributed by atoms with Crippen molar-refractivity contribution >= 4 is 16.7 Å². The number of aromatic nitrogens is 2. The zero-order chi connectivity index (χ0) is 15.5. The number of rotatable bonds is 5. The quantitative estimate of drug-likeness (QED) is 0.920. The molecule has 21 heavy (non-hydrogen) atoms. The van der Waals surface area contributed by atoms with Gasteiger partial charge in [0.2, 0.25) is 5.13 Å². The van der Waals surface area contributed by atoms with Gasteiger partial charge in [0.05, 0.1) is 0 Å². The average molecular weight is 304 g/mol. The Morgan fingerprint density at radius 1 is 1.19 bits per heavy atom. The van der Waals surface area contributed by atoms with Crippen LogP contribution in [0, 0.1) is 0 Å². The molecule has 0 aliphatic carbocycles. The fraction of sp³-hybridized carbons (Fsp3) is 0.500. The van der Waals surface area contributed by atoms with Crippen molar-refractivity contribution in [2.75, 3.05) is 11.4 Å². The fourth-order valence-corrected chi connectivity index (χ4v) is 3.00. The lowest BCUT2D eigenvalue weighted by atomic mass is 9.96. The Labute approximate surface area is 131 Å². The molecule has 1 aromatic heterocycles. The second-order valence-corrected chi connectivity index (χ2v) is 6.87. The van der Waals surface area contributed by atoms with Gasteiger partial charge < -0.3 is 10.6 Å². The molecule has 4 nitrogen and oxygen atoms in total. The number of nitrogens with two attached hydrogens (primary N) is 1. The van der Waals surface area contributed by atoms with E-state index in [1.54, 1.807) is 0 Å². The molecular weight excluding hydrogens is 280 g/mol. The van der Waals surface area contributed by atoms with Crippen LogP contribution >= 0.6 is 11.5 Å². The van der Waals surface area contributed by atoms with Crippen molar-refractivity contribution in [1.82, 2.24) is 9.36 Å². The molecule has 2 rings (SSSR count). The highest BCUT2D eigenvalue weighted by Crippen LogP contribution is 2.26. The molecule has 0 saturated carbocycles. The van der Waals surface area contributed by atoms with Gasteiger partial charge in [-0.3, -0.25) is 0 Å². The summed E-state index contributed by atoms with van der Waals surface area (Å²) >= 11 is 1.48. The summed E-state index contributed by atoms with van der Waals surface area (Å²) in [6, 6.07) is 8.31. The summed E-state index contributed by atoms with van der Waals surface area (Å²) in [5.41, 5.74) is 8.26. The fourth-order valence-electron chi connectivity index (χ4n) is 2.08. The number of hydrogen-bond donors (Lipinski definition) is 1. The van der Waals surface area contributed by atoms with E-state index in [2.05, 4.69) is 55.2 Å². The lowest BCUT2D eigenvalue weighted by Gasteiger charge is -2.21. The molecule has 114 valence electrons. The number of benzene rings is 1. The van der Waals surface area contributed by atoms with Gasteiger partial charge in [0.25, 0.3) is 0 Å². The minimum absolute atomic E-state index is 0.0106. The molecule has 2 aromatic rings. The van der Waals surface area contributed by atoms with Gasteiger partial charge in [-0.15, -0.1) is 0 Å². The predicted molar refractivity (Wildman–Crippen MR) is 89.7 cm³/mol. The first-order chi connectivity index (χ1) is 9.95. The summed E-state index contributed by atoms with van der Waals surface area (Å²) in [7, 11) is 0. The van der Waals surface area contributed by atoms with Crippen molar-refractivity contribution in [1.29, 1.82) is 0 Å². The van der Waals surface area contributed by atoms with Gasteiger partial charge >= 0.3 is 0 Å². The second-order valence-electron chi connectivity index (χ2n) is 6.14. The van der Waals surface area contributed by atoms with E-state index in [0.717, 1.165) is 24.0 Å². The molecule has 0 aliphatic rings. The summed E-state index contributed by atoms with van der Waals surface area (Å²) in [6.45, 7) is 10.8. The molecule has 1 heterocycles. The van der Waals surface area contributed by atoms with Crippen molar-refractivity contribution in [2.24, 2.45) is 5.73 Å². The zero-order valence-corrected chi connectivity index (χ0v) is 14.1. The second kappa shape index (κ2) is 6.54. The molecule has 0 spiro atoms. The van der Waals surface area contributed by atoms with Crippen molar-refractivity contribution in [3.63, 3.8) is 0 Å². The van der Waals surface area contributed by atoms with Crippen LogP contribution in [-0.4, -0.2) is 15.9 Å². The molecule has 0 radical (unpaired) electrons. The van der Waals surface area contributed by atoms with Crippen molar-refractivity contribution in [2.45, 2.75) is 46.2 Å². The Bertz CT molecular complexity index is 586. The van der Waals surface area contributed by atoms with Crippen LogP contribution in [0.5, 0.6) is 0 Å². The van der Waals surface area contributed by atoms with Crippen molar-refractivity contribution < 1.29 is 0 Å². The first-order valence-electron chi connectivity index (χ1n) is 7.31. The molecule has 0 unspecified atom stereocenters. The highest BCUT2D eigenvalue weighted by atomic mass is 32.1. The molecule has 5 heteroatoms. The van der Waals surface area contributed by atoms with Gasteiger partial charge in [0.1, 0.15) is 5.82 Å². The van der Waals surface area contributed by atoms with Crippen LogP contribution in [0.2, 0.25) is 0 Å². The normalized spacial score (nSPS) is 11.7. The van der Waals surface area contributed by atoms with Gasteiger partial charge in [0.15, 0.2) is 0 Å². The summed E-state index contributed by atoms with van der Waals surface area (Å²) in [5.74, 6) is 0.910. The Morgan fingerprint density at radius 2 is 1.86 bits per heavy atom. The topological polar surface area (TPSA) is 55.0 Å². The Hall–Kier alpha value is -1.46.